The Morgan fingerprint density at radius 1 is 1.05 bits per heavy atom. The Kier molecular flexibility index (Phi) is 8.41. The van der Waals surface area contributed by atoms with E-state index in [1.54, 1.807) is 24.3 Å². The second kappa shape index (κ2) is 11.9. The predicted molar refractivity (Wildman–Crippen MR) is 161 cm³/mol. The fourth-order valence-electron chi connectivity index (χ4n) is 5.76. The van der Waals surface area contributed by atoms with E-state index in [0.29, 0.717) is 11.1 Å². The molecule has 0 radical (unpaired) electrons. The molecule has 12 heteroatoms. The molecule has 1 aromatic heterocycles. The van der Waals surface area contributed by atoms with E-state index in [1.807, 2.05) is 12.1 Å². The maximum atomic E-state index is 14.0. The highest BCUT2D eigenvalue weighted by Crippen LogP contribution is 2.33. The number of hydrogen-bond donors (Lipinski definition) is 2. The molecular weight excluding hydrogens is 584 g/mol. The Bertz CT molecular complexity index is 1700. The molecule has 3 aromatic rings. The highest BCUT2D eigenvalue weighted by Gasteiger charge is 2.55. The number of aromatic nitrogens is 1. The number of Topliss-reactive ketones (excluding diaryl/α,β-unsaturated/α-hetero) is 1. The summed E-state index contributed by atoms with van der Waals surface area (Å²) in [5, 5.41) is 11.6. The van der Waals surface area contributed by atoms with Crippen LogP contribution in [0.15, 0.2) is 73.1 Å². The summed E-state index contributed by atoms with van der Waals surface area (Å²) in [7, 11) is -4.57. The Morgan fingerprint density at radius 2 is 1.77 bits per heavy atom. The molecule has 11 nitrogen and oxygen atoms in total. The number of fused-ring (bicyclic) bond motifs is 1. The summed E-state index contributed by atoms with van der Waals surface area (Å²) in [5.74, 6) is -1.58. The van der Waals surface area contributed by atoms with Crippen LogP contribution in [0.2, 0.25) is 0 Å². The van der Waals surface area contributed by atoms with Gasteiger partial charge in [-0.15, -0.1) is 0 Å². The number of likely N-dealkylation sites (tertiary alicyclic amines) is 1. The van der Waals surface area contributed by atoms with Crippen LogP contribution in [-0.2, 0) is 31.4 Å². The van der Waals surface area contributed by atoms with E-state index in [1.165, 1.54) is 35.4 Å². The van der Waals surface area contributed by atoms with E-state index >= 15 is 0 Å². The Balaban J connectivity index is 1.39. The number of amides is 2. The van der Waals surface area contributed by atoms with Gasteiger partial charge in [0, 0.05) is 30.9 Å². The first kappa shape index (κ1) is 31.0. The summed E-state index contributed by atoms with van der Waals surface area (Å²) < 4.78 is 27.5. The molecule has 2 N–H and O–H groups in total. The van der Waals surface area contributed by atoms with Crippen molar-refractivity contribution >= 4 is 32.7 Å². The zero-order valence-electron chi connectivity index (χ0n) is 24.6. The lowest BCUT2D eigenvalue weighted by Crippen LogP contribution is -2.53. The molecule has 0 bridgehead atoms. The highest BCUT2D eigenvalue weighted by atomic mass is 32.2. The summed E-state index contributed by atoms with van der Waals surface area (Å²) in [5.41, 5.74) is 1.71. The molecule has 5 rings (SSSR count). The summed E-state index contributed by atoms with van der Waals surface area (Å²) in [6.45, 7) is 5.68. The molecule has 0 spiro atoms. The van der Waals surface area contributed by atoms with Gasteiger partial charge in [-0.25, -0.2) is 8.42 Å². The zero-order chi connectivity index (χ0) is 31.8. The minimum Gasteiger partial charge on any atom is -0.508 e. The van der Waals surface area contributed by atoms with Crippen LogP contribution in [0.1, 0.15) is 59.0 Å². The van der Waals surface area contributed by atoms with Crippen molar-refractivity contribution in [2.45, 2.75) is 57.2 Å². The molecule has 3 atom stereocenters. The van der Waals surface area contributed by atoms with Gasteiger partial charge >= 0.3 is 0 Å². The van der Waals surface area contributed by atoms with Gasteiger partial charge in [-0.3, -0.25) is 24.2 Å². The second-order valence-corrected chi connectivity index (χ2v) is 13.9. The third kappa shape index (κ3) is 6.13. The number of phenolic OH excluding ortho intramolecular Hbond substituents is 1. The van der Waals surface area contributed by atoms with Crippen LogP contribution in [0.4, 0.5) is 0 Å². The average molecular weight is 619 g/mol. The number of ketones is 1. The molecule has 2 aliphatic heterocycles. The molecule has 2 saturated heterocycles. The molecule has 2 aliphatic rings. The van der Waals surface area contributed by atoms with Crippen molar-refractivity contribution in [3.63, 3.8) is 0 Å². The number of nitrogens with zero attached hydrogens (tertiary/aromatic N) is 3. The summed E-state index contributed by atoms with van der Waals surface area (Å²) in [6, 6.07) is 13.0. The normalized spacial score (nSPS) is 19.4. The minimum atomic E-state index is -4.57. The lowest BCUT2D eigenvalue weighted by molar-refractivity contribution is -0.138. The molecule has 2 aromatic carbocycles. The van der Waals surface area contributed by atoms with Gasteiger partial charge in [-0.05, 0) is 59.4 Å². The number of nitrogens with one attached hydrogen (secondary N) is 1. The average Bonchev–Trinajstić information content (AvgIpc) is 3.57. The van der Waals surface area contributed by atoms with Crippen molar-refractivity contribution in [3.8, 4) is 5.75 Å². The fraction of sp³-hybridized carbons (Fsp3) is 0.344. The third-order valence-electron chi connectivity index (χ3n) is 8.07. The summed E-state index contributed by atoms with van der Waals surface area (Å²) in [6.07, 6.45) is 2.71. The van der Waals surface area contributed by atoms with Gasteiger partial charge in [0.1, 0.15) is 17.8 Å². The van der Waals surface area contributed by atoms with Gasteiger partial charge in [-0.1, -0.05) is 45.0 Å². The quantitative estimate of drug-likeness (QED) is 0.409. The van der Waals surface area contributed by atoms with Gasteiger partial charge < -0.3 is 15.3 Å². The molecule has 2 fully saturated rings. The van der Waals surface area contributed by atoms with E-state index in [0.717, 1.165) is 16.1 Å². The van der Waals surface area contributed by atoms with E-state index in [9.17, 15) is 32.7 Å². The van der Waals surface area contributed by atoms with Crippen molar-refractivity contribution in [3.05, 3.63) is 95.3 Å². The third-order valence-corrected chi connectivity index (χ3v) is 9.79. The van der Waals surface area contributed by atoms with E-state index in [-0.39, 0.29) is 36.1 Å². The van der Waals surface area contributed by atoms with Crippen LogP contribution >= 0.6 is 0 Å². The molecular formula is C32H34N4O7S. The summed E-state index contributed by atoms with van der Waals surface area (Å²) >= 11 is 0. The second-order valence-electron chi connectivity index (χ2n) is 12.1. The van der Waals surface area contributed by atoms with Crippen LogP contribution in [-0.4, -0.2) is 81.6 Å². The first-order chi connectivity index (χ1) is 20.8. The van der Waals surface area contributed by atoms with Gasteiger partial charge in [0.05, 0.1) is 18.2 Å². The fourth-order valence-corrected chi connectivity index (χ4v) is 7.27. The van der Waals surface area contributed by atoms with E-state index in [4.69, 9.17) is 0 Å². The lowest BCUT2D eigenvalue weighted by Gasteiger charge is -2.28. The minimum absolute atomic E-state index is 0.0101. The molecule has 3 unspecified atom stereocenters. The molecule has 0 aliphatic carbocycles. The van der Waals surface area contributed by atoms with Gasteiger partial charge in [0.25, 0.3) is 21.0 Å². The number of aromatic hydroxyl groups is 1. The maximum Gasteiger partial charge on any atom is 0.293 e. The first-order valence-corrected chi connectivity index (χ1v) is 15.7. The highest BCUT2D eigenvalue weighted by molar-refractivity contribution is 8.04. The number of rotatable bonds is 7. The standard InChI is InChI=1S/C32H34N4O7S/c1-32(2,3)23-11-9-21(10-12-23)29(39)34-25(17-20-6-4-8-24(37)16-20)30(40)35-15-13-26-28(35)27(38)19-36(26)44(42,43)31(41)22-7-5-14-33-18-22/h4-12,14,16,18,25-26,28,37H,13,15,17,19H2,1-3H3,(H,34,39). The van der Waals surface area contributed by atoms with Crippen LogP contribution in [0.5, 0.6) is 5.75 Å². The molecule has 44 heavy (non-hydrogen) atoms. The van der Waals surface area contributed by atoms with Gasteiger partial charge in [0.15, 0.2) is 5.78 Å². The van der Waals surface area contributed by atoms with Crippen molar-refractivity contribution in [1.82, 2.24) is 19.5 Å². The van der Waals surface area contributed by atoms with Crippen molar-refractivity contribution < 1.29 is 32.7 Å². The van der Waals surface area contributed by atoms with E-state index in [2.05, 4.69) is 31.1 Å². The predicted octanol–water partition coefficient (Wildman–Crippen LogP) is 2.45. The van der Waals surface area contributed by atoms with Crippen LogP contribution in [0, 0.1) is 0 Å². The van der Waals surface area contributed by atoms with Crippen LogP contribution < -0.4 is 5.32 Å². The molecule has 230 valence electrons. The number of carbonyl (C=O) groups excluding carboxylic acids is 4. The Hall–Kier alpha value is -4.42. The van der Waals surface area contributed by atoms with Crippen LogP contribution in [0.25, 0.3) is 0 Å². The largest absolute Gasteiger partial charge is 0.508 e. The SMILES string of the molecule is CC(C)(C)c1ccc(C(=O)NC(Cc2cccc(O)c2)C(=O)N2CCC3C2C(=O)CN3S(=O)(=O)C(=O)c2cccnc2)cc1. The number of hydrogen-bond acceptors (Lipinski definition) is 8. The van der Waals surface area contributed by atoms with Crippen molar-refractivity contribution in [1.29, 1.82) is 0 Å². The monoisotopic (exact) mass is 618 g/mol. The first-order valence-electron chi connectivity index (χ1n) is 14.3. The topological polar surface area (TPSA) is 154 Å². The van der Waals surface area contributed by atoms with Crippen LogP contribution in [0.3, 0.4) is 0 Å². The number of benzene rings is 2. The Morgan fingerprint density at radius 3 is 2.41 bits per heavy atom. The molecule has 0 saturated carbocycles. The molecule has 2 amide bonds. The van der Waals surface area contributed by atoms with Gasteiger partial charge in [-0.2, -0.15) is 4.31 Å². The maximum absolute atomic E-state index is 14.0. The van der Waals surface area contributed by atoms with Crippen molar-refractivity contribution in [2.75, 3.05) is 13.1 Å². The lowest BCUT2D eigenvalue weighted by atomic mass is 9.86. The number of sulfonamides is 1. The molecule has 3 heterocycles. The number of carbonyl (C=O) groups is 4. The number of phenols is 1. The van der Waals surface area contributed by atoms with Gasteiger partial charge in [0.2, 0.25) is 5.91 Å². The zero-order valence-corrected chi connectivity index (χ0v) is 25.5. The van der Waals surface area contributed by atoms with Crippen molar-refractivity contribution in [2.24, 2.45) is 0 Å². The number of pyridine rings is 1. The Labute approximate surface area is 255 Å². The van der Waals surface area contributed by atoms with E-state index < -0.39 is 57.4 Å². The summed E-state index contributed by atoms with van der Waals surface area (Å²) in [4.78, 5) is 58.6. The smallest absolute Gasteiger partial charge is 0.293 e.